The summed E-state index contributed by atoms with van der Waals surface area (Å²) in [6.07, 6.45) is 4.41. The zero-order chi connectivity index (χ0) is 26.2. The monoisotopic (exact) mass is 512 g/mol. The fourth-order valence-corrected chi connectivity index (χ4v) is 8.79. The van der Waals surface area contributed by atoms with Gasteiger partial charge in [-0.3, -0.25) is 18.6 Å². The van der Waals surface area contributed by atoms with Crippen molar-refractivity contribution in [2.45, 2.75) is 70.8 Å². The minimum absolute atomic E-state index is 0.221. The van der Waals surface area contributed by atoms with Gasteiger partial charge in [0.1, 0.15) is 0 Å². The van der Waals surface area contributed by atoms with E-state index in [2.05, 4.69) is 0 Å². The lowest BCUT2D eigenvalue weighted by atomic mass is 9.44. The van der Waals surface area contributed by atoms with Crippen molar-refractivity contribution >= 4 is 27.7 Å². The number of allylic oxidation sites excluding steroid dienone is 4. The summed E-state index contributed by atoms with van der Waals surface area (Å²) in [6, 6.07) is 0. The highest BCUT2D eigenvalue weighted by Crippen LogP contribution is 2.71. The normalized spacial score (nSPS) is 44.7. The number of carbonyl (C=O) groups is 3. The van der Waals surface area contributed by atoms with Gasteiger partial charge in [0, 0.05) is 23.7 Å². The minimum atomic E-state index is -4.16. The van der Waals surface area contributed by atoms with Crippen molar-refractivity contribution in [3.8, 4) is 0 Å². The van der Waals surface area contributed by atoms with Gasteiger partial charge in [-0.25, -0.2) is 4.39 Å². The Bertz CT molecular complexity index is 1140. The molecule has 0 radical (unpaired) electrons. The molecule has 0 aromatic heterocycles. The molecule has 0 saturated heterocycles. The van der Waals surface area contributed by atoms with Crippen LogP contribution >= 0.6 is 0 Å². The van der Waals surface area contributed by atoms with Crippen LogP contribution in [-0.4, -0.2) is 61.3 Å². The highest BCUT2D eigenvalue weighted by Gasteiger charge is 2.77. The van der Waals surface area contributed by atoms with Crippen LogP contribution in [0.15, 0.2) is 23.8 Å². The molecule has 3 saturated carbocycles. The van der Waals surface area contributed by atoms with E-state index in [1.807, 2.05) is 0 Å². The summed E-state index contributed by atoms with van der Waals surface area (Å²) in [5.41, 5.74) is -5.89. The van der Waals surface area contributed by atoms with E-state index in [9.17, 15) is 27.9 Å². The average molecular weight is 513 g/mol. The van der Waals surface area contributed by atoms with Crippen molar-refractivity contribution in [2.75, 3.05) is 12.9 Å². The first-order valence-electron chi connectivity index (χ1n) is 11.9. The molecule has 0 spiro atoms. The molecule has 35 heavy (non-hydrogen) atoms. The Morgan fingerprint density at radius 3 is 2.51 bits per heavy atom. The molecule has 10 heteroatoms. The van der Waals surface area contributed by atoms with E-state index < -0.39 is 74.4 Å². The molecule has 0 bridgehead atoms. The third-order valence-electron chi connectivity index (χ3n) is 9.28. The highest BCUT2D eigenvalue weighted by molar-refractivity contribution is 7.86. The zero-order valence-corrected chi connectivity index (χ0v) is 21.5. The third kappa shape index (κ3) is 3.50. The minimum Gasteiger partial charge on any atom is -0.458 e. The number of hydrogen-bond donors (Lipinski definition) is 1. The largest absolute Gasteiger partial charge is 0.458 e. The first kappa shape index (κ1) is 26.2. The maximum Gasteiger partial charge on any atom is 0.303 e. The van der Waals surface area contributed by atoms with Crippen LogP contribution in [0.1, 0.15) is 53.4 Å². The standard InChI is InChI=1S/C25H33FO8S/c1-14-10-19-18-7-6-16-11-17(28)8-9-22(16,3)24(18,26)20(29)12-23(19,4)25(14,34-35(5,31)32)21(30)13-33-15(2)27/h8-9,11,14,18-20,29H,6-7,10,12-13H2,1-5H3/t14-,18-,19-,20-,22-,23-,24-,25-/m0/s1. The Labute approximate surface area is 205 Å². The molecular formula is C25H33FO8S. The highest BCUT2D eigenvalue weighted by atomic mass is 32.2. The van der Waals surface area contributed by atoms with Gasteiger partial charge in [-0.15, -0.1) is 0 Å². The summed E-state index contributed by atoms with van der Waals surface area (Å²) in [7, 11) is -4.16. The molecule has 4 rings (SSSR count). The molecule has 194 valence electrons. The summed E-state index contributed by atoms with van der Waals surface area (Å²) >= 11 is 0. The molecule has 4 aliphatic rings. The van der Waals surface area contributed by atoms with Gasteiger partial charge in [0.15, 0.2) is 23.7 Å². The van der Waals surface area contributed by atoms with E-state index >= 15 is 4.39 Å². The summed E-state index contributed by atoms with van der Waals surface area (Å²) in [4.78, 5) is 37.0. The Kier molecular flexibility index (Phi) is 6.01. The number of halogens is 1. The lowest BCUT2D eigenvalue weighted by molar-refractivity contribution is -0.215. The second-order valence-electron chi connectivity index (χ2n) is 11.1. The number of carbonyl (C=O) groups excluding carboxylic acids is 3. The van der Waals surface area contributed by atoms with Crippen molar-refractivity contribution in [3.05, 3.63) is 23.8 Å². The molecule has 0 aromatic carbocycles. The number of Topliss-reactive ketones (excluding diaryl/α,β-unsaturated/α-hetero) is 1. The van der Waals surface area contributed by atoms with E-state index in [-0.39, 0.29) is 12.2 Å². The van der Waals surface area contributed by atoms with E-state index in [1.165, 1.54) is 18.2 Å². The maximum absolute atomic E-state index is 17.3. The van der Waals surface area contributed by atoms with Crippen LogP contribution in [-0.2, 0) is 33.4 Å². The van der Waals surface area contributed by atoms with Gasteiger partial charge in [-0.05, 0) is 56.6 Å². The summed E-state index contributed by atoms with van der Waals surface area (Å²) in [5, 5.41) is 11.4. The van der Waals surface area contributed by atoms with Gasteiger partial charge in [0.2, 0.25) is 5.78 Å². The Morgan fingerprint density at radius 1 is 1.26 bits per heavy atom. The molecule has 0 aliphatic heterocycles. The number of aliphatic hydroxyl groups excluding tert-OH is 1. The summed E-state index contributed by atoms with van der Waals surface area (Å²) in [6.45, 7) is 5.49. The second-order valence-corrected chi connectivity index (χ2v) is 12.7. The predicted molar refractivity (Wildman–Crippen MR) is 123 cm³/mol. The quantitative estimate of drug-likeness (QED) is 0.440. The molecule has 0 unspecified atom stereocenters. The van der Waals surface area contributed by atoms with Gasteiger partial charge >= 0.3 is 5.97 Å². The number of alkyl halides is 1. The van der Waals surface area contributed by atoms with Crippen LogP contribution in [0.3, 0.4) is 0 Å². The molecule has 1 N–H and O–H groups in total. The molecule has 8 nitrogen and oxygen atoms in total. The van der Waals surface area contributed by atoms with Crippen LogP contribution in [0.25, 0.3) is 0 Å². The summed E-state index contributed by atoms with van der Waals surface area (Å²) < 4.78 is 52.7. The lowest BCUT2D eigenvalue weighted by Gasteiger charge is -2.62. The van der Waals surface area contributed by atoms with Gasteiger partial charge in [0.25, 0.3) is 10.1 Å². The first-order chi connectivity index (χ1) is 16.0. The Morgan fingerprint density at radius 2 is 1.91 bits per heavy atom. The van der Waals surface area contributed by atoms with Crippen LogP contribution in [0.5, 0.6) is 0 Å². The van der Waals surface area contributed by atoms with E-state index in [0.29, 0.717) is 24.8 Å². The number of rotatable bonds is 5. The van der Waals surface area contributed by atoms with Crippen molar-refractivity contribution in [1.82, 2.24) is 0 Å². The van der Waals surface area contributed by atoms with E-state index in [1.54, 1.807) is 20.8 Å². The molecule has 0 aromatic rings. The van der Waals surface area contributed by atoms with E-state index in [4.69, 9.17) is 8.92 Å². The number of ether oxygens (including phenoxy) is 1. The van der Waals surface area contributed by atoms with Crippen LogP contribution in [0, 0.1) is 28.6 Å². The van der Waals surface area contributed by atoms with Gasteiger partial charge in [-0.2, -0.15) is 8.42 Å². The van der Waals surface area contributed by atoms with Gasteiger partial charge < -0.3 is 9.84 Å². The number of hydrogen-bond acceptors (Lipinski definition) is 8. The van der Waals surface area contributed by atoms with Crippen LogP contribution in [0.4, 0.5) is 4.39 Å². The smallest absolute Gasteiger partial charge is 0.303 e. The molecule has 3 fully saturated rings. The van der Waals surface area contributed by atoms with Crippen molar-refractivity contribution in [2.24, 2.45) is 28.6 Å². The van der Waals surface area contributed by atoms with Crippen molar-refractivity contribution in [3.63, 3.8) is 0 Å². The molecule has 0 amide bonds. The number of ketones is 2. The van der Waals surface area contributed by atoms with Gasteiger partial charge in [-0.1, -0.05) is 25.5 Å². The SMILES string of the molecule is CC(=O)OCC(=O)[C@@]1(OS(C)(=O)=O)[C@@H](C)C[C@H]2[C@@H]3CCC4=CC(=O)C=C[C@]4(C)[C@@]3(F)[C@@H](O)C[C@@]21C. The van der Waals surface area contributed by atoms with Gasteiger partial charge in [0.05, 0.1) is 12.4 Å². The molecule has 8 atom stereocenters. The van der Waals surface area contributed by atoms with Crippen LogP contribution in [0.2, 0.25) is 0 Å². The molecule has 0 heterocycles. The topological polar surface area (TPSA) is 124 Å². The Balaban J connectivity index is 1.85. The van der Waals surface area contributed by atoms with Crippen molar-refractivity contribution < 1.29 is 41.2 Å². The number of esters is 1. The first-order valence-corrected chi connectivity index (χ1v) is 13.7. The fraction of sp³-hybridized carbons (Fsp3) is 0.720. The fourth-order valence-electron chi connectivity index (χ4n) is 7.86. The van der Waals surface area contributed by atoms with E-state index in [0.717, 1.165) is 13.2 Å². The second kappa shape index (κ2) is 8.05. The van der Waals surface area contributed by atoms with Crippen LogP contribution < -0.4 is 0 Å². The molecular weight excluding hydrogens is 479 g/mol. The average Bonchev–Trinajstić information content (AvgIpc) is 2.94. The number of fused-ring (bicyclic) bond motifs is 5. The Hall–Kier alpha value is -1.91. The lowest BCUT2D eigenvalue weighted by Crippen LogP contribution is -2.70. The predicted octanol–water partition coefficient (Wildman–Crippen LogP) is 2.45. The molecule has 4 aliphatic carbocycles. The van der Waals surface area contributed by atoms with Crippen molar-refractivity contribution in [1.29, 1.82) is 0 Å². The maximum atomic E-state index is 17.3. The summed E-state index contributed by atoms with van der Waals surface area (Å²) in [5.74, 6) is -3.52. The number of aliphatic hydroxyl groups is 1. The third-order valence-corrected chi connectivity index (χ3v) is 9.85. The zero-order valence-electron chi connectivity index (χ0n) is 20.7.